The Balaban J connectivity index is 1.46. The number of carbonyl (C=O) groups excluding carboxylic acids is 1. The van der Waals surface area contributed by atoms with Crippen LogP contribution in [0.5, 0.6) is 5.75 Å². The van der Waals surface area contributed by atoms with Crippen LogP contribution in [0.3, 0.4) is 0 Å². The van der Waals surface area contributed by atoms with Crippen LogP contribution in [0, 0.1) is 0 Å². The molecule has 1 atom stereocenters. The second kappa shape index (κ2) is 9.08. The van der Waals surface area contributed by atoms with E-state index < -0.39 is 16.1 Å². The summed E-state index contributed by atoms with van der Waals surface area (Å²) in [5.41, 5.74) is 0.533. The normalized spacial score (nSPS) is 15.6. The Bertz CT molecular complexity index is 1160. The van der Waals surface area contributed by atoms with E-state index in [1.807, 2.05) is 49.4 Å². The quantitative estimate of drug-likeness (QED) is 0.592. The molecule has 0 radical (unpaired) electrons. The summed E-state index contributed by atoms with van der Waals surface area (Å²) >= 11 is 0. The number of fused-ring (bicyclic) bond motifs is 1. The first-order valence-corrected chi connectivity index (χ1v) is 12.0. The van der Waals surface area contributed by atoms with Crippen molar-refractivity contribution in [2.75, 3.05) is 18.4 Å². The molecule has 1 heterocycles. The van der Waals surface area contributed by atoms with Gasteiger partial charge in [0, 0.05) is 24.2 Å². The summed E-state index contributed by atoms with van der Waals surface area (Å²) in [5.74, 6) is 0.387. The fraction of sp³-hybridized carbons (Fsp3) is 0.292. The number of hydrogen-bond donors (Lipinski definition) is 1. The Hall–Kier alpha value is -2.90. The molecule has 3 aromatic carbocycles. The van der Waals surface area contributed by atoms with E-state index in [0.29, 0.717) is 30.9 Å². The number of sulfonamides is 1. The van der Waals surface area contributed by atoms with Gasteiger partial charge in [0.1, 0.15) is 5.75 Å². The number of nitrogens with zero attached hydrogens (tertiary/aromatic N) is 1. The van der Waals surface area contributed by atoms with Gasteiger partial charge in [-0.25, -0.2) is 8.42 Å². The second-order valence-corrected chi connectivity index (χ2v) is 9.55. The van der Waals surface area contributed by atoms with Crippen molar-refractivity contribution in [3.63, 3.8) is 0 Å². The lowest BCUT2D eigenvalue weighted by atomic mass is 10.1. The van der Waals surface area contributed by atoms with Crippen molar-refractivity contribution in [3.8, 4) is 5.75 Å². The zero-order valence-corrected chi connectivity index (χ0v) is 18.3. The van der Waals surface area contributed by atoms with Crippen molar-refractivity contribution in [2.24, 2.45) is 0 Å². The Labute approximate surface area is 182 Å². The summed E-state index contributed by atoms with van der Waals surface area (Å²) in [4.78, 5) is 13.1. The van der Waals surface area contributed by atoms with Crippen LogP contribution in [0.4, 0.5) is 5.69 Å². The predicted molar refractivity (Wildman–Crippen MR) is 122 cm³/mol. The molecule has 1 amide bonds. The van der Waals surface area contributed by atoms with E-state index in [9.17, 15) is 13.2 Å². The van der Waals surface area contributed by atoms with E-state index in [0.717, 1.165) is 23.6 Å². The molecule has 1 saturated heterocycles. The molecular formula is C24H26N2O4S. The summed E-state index contributed by atoms with van der Waals surface area (Å²) in [6.07, 6.45) is 1.61. The van der Waals surface area contributed by atoms with Gasteiger partial charge in [-0.05, 0) is 55.0 Å². The number of anilines is 1. The topological polar surface area (TPSA) is 75.7 Å². The summed E-state index contributed by atoms with van der Waals surface area (Å²) in [6.45, 7) is 3.01. The van der Waals surface area contributed by atoms with Crippen LogP contribution in [0.25, 0.3) is 10.8 Å². The van der Waals surface area contributed by atoms with Crippen molar-refractivity contribution < 1.29 is 17.9 Å². The van der Waals surface area contributed by atoms with Crippen molar-refractivity contribution in [3.05, 3.63) is 66.7 Å². The molecule has 0 aromatic heterocycles. The molecule has 0 bridgehead atoms. The molecule has 3 aromatic rings. The summed E-state index contributed by atoms with van der Waals surface area (Å²) in [7, 11) is -3.47. The number of hydrogen-bond acceptors (Lipinski definition) is 4. The maximum absolute atomic E-state index is 12.8. The van der Waals surface area contributed by atoms with Gasteiger partial charge >= 0.3 is 0 Å². The van der Waals surface area contributed by atoms with Crippen molar-refractivity contribution >= 4 is 32.4 Å². The highest BCUT2D eigenvalue weighted by molar-refractivity contribution is 7.89. The van der Waals surface area contributed by atoms with Crippen molar-refractivity contribution in [1.82, 2.24) is 4.31 Å². The lowest BCUT2D eigenvalue weighted by molar-refractivity contribution is -0.122. The number of benzene rings is 3. The van der Waals surface area contributed by atoms with Gasteiger partial charge in [0.2, 0.25) is 10.0 Å². The second-order valence-electron chi connectivity index (χ2n) is 7.62. The molecule has 1 unspecified atom stereocenters. The van der Waals surface area contributed by atoms with Crippen LogP contribution in [0.1, 0.15) is 26.2 Å². The summed E-state index contributed by atoms with van der Waals surface area (Å²) < 4.78 is 32.9. The third-order valence-electron chi connectivity index (χ3n) is 5.51. The number of ether oxygens (including phenoxy) is 1. The molecule has 6 nitrogen and oxygen atoms in total. The number of nitrogens with one attached hydrogen (secondary N) is 1. The minimum atomic E-state index is -3.47. The number of carbonyl (C=O) groups is 1. The van der Waals surface area contributed by atoms with E-state index in [1.54, 1.807) is 12.1 Å². The van der Waals surface area contributed by atoms with Gasteiger partial charge in [-0.1, -0.05) is 43.3 Å². The Kier molecular flexibility index (Phi) is 6.25. The fourth-order valence-electron chi connectivity index (χ4n) is 3.78. The first-order chi connectivity index (χ1) is 15.0. The zero-order valence-electron chi connectivity index (χ0n) is 17.5. The van der Waals surface area contributed by atoms with Gasteiger partial charge < -0.3 is 10.1 Å². The largest absolute Gasteiger partial charge is 0.480 e. The van der Waals surface area contributed by atoms with Crippen LogP contribution >= 0.6 is 0 Å². The Morgan fingerprint density at radius 2 is 1.68 bits per heavy atom. The molecule has 1 aliphatic rings. The van der Waals surface area contributed by atoms with Gasteiger partial charge in [0.25, 0.3) is 5.91 Å². The highest BCUT2D eigenvalue weighted by Crippen LogP contribution is 2.27. The van der Waals surface area contributed by atoms with Crippen LogP contribution in [-0.2, 0) is 14.8 Å². The summed E-state index contributed by atoms with van der Waals surface area (Å²) in [6, 6.07) is 19.9. The zero-order chi connectivity index (χ0) is 21.8. The standard InChI is InChI=1S/C24H26N2O4S/c1-2-22(30-23-11-7-9-18-8-3-4-10-21(18)23)24(27)25-19-12-14-20(15-13-19)31(28,29)26-16-5-6-17-26/h3-4,7-15,22H,2,5-6,16-17H2,1H3,(H,25,27). The molecule has 7 heteroatoms. The van der Waals surface area contributed by atoms with Gasteiger partial charge in [-0.15, -0.1) is 0 Å². The van der Waals surface area contributed by atoms with Crippen LogP contribution in [0.15, 0.2) is 71.6 Å². The third kappa shape index (κ3) is 4.57. The predicted octanol–water partition coefficient (Wildman–Crippen LogP) is 4.42. The smallest absolute Gasteiger partial charge is 0.265 e. The molecule has 0 spiro atoms. The van der Waals surface area contributed by atoms with E-state index in [-0.39, 0.29) is 10.8 Å². The van der Waals surface area contributed by atoms with E-state index in [4.69, 9.17) is 4.74 Å². The van der Waals surface area contributed by atoms with E-state index >= 15 is 0 Å². The van der Waals surface area contributed by atoms with E-state index in [2.05, 4.69) is 5.32 Å². The molecule has 0 saturated carbocycles. The SMILES string of the molecule is CCC(Oc1cccc2ccccc12)C(=O)Nc1ccc(S(=O)(=O)N2CCCC2)cc1. The average molecular weight is 439 g/mol. The third-order valence-corrected chi connectivity index (χ3v) is 7.42. The fourth-order valence-corrected chi connectivity index (χ4v) is 5.30. The monoisotopic (exact) mass is 438 g/mol. The van der Waals surface area contributed by atoms with Gasteiger partial charge in [0.15, 0.2) is 6.10 Å². The molecule has 1 fully saturated rings. The van der Waals surface area contributed by atoms with E-state index in [1.165, 1.54) is 16.4 Å². The van der Waals surface area contributed by atoms with Crippen LogP contribution < -0.4 is 10.1 Å². The van der Waals surface area contributed by atoms with Crippen molar-refractivity contribution in [2.45, 2.75) is 37.2 Å². The Morgan fingerprint density at radius 1 is 1.00 bits per heavy atom. The average Bonchev–Trinajstić information content (AvgIpc) is 3.34. The first-order valence-electron chi connectivity index (χ1n) is 10.5. The molecule has 1 aliphatic heterocycles. The highest BCUT2D eigenvalue weighted by atomic mass is 32.2. The molecule has 0 aliphatic carbocycles. The van der Waals surface area contributed by atoms with Crippen LogP contribution in [0.2, 0.25) is 0 Å². The highest BCUT2D eigenvalue weighted by Gasteiger charge is 2.27. The van der Waals surface area contributed by atoms with Gasteiger partial charge in [0.05, 0.1) is 4.90 Å². The first kappa shape index (κ1) is 21.3. The number of amides is 1. The lowest BCUT2D eigenvalue weighted by Gasteiger charge is -2.19. The molecule has 162 valence electrons. The van der Waals surface area contributed by atoms with Crippen molar-refractivity contribution in [1.29, 1.82) is 0 Å². The minimum Gasteiger partial charge on any atom is -0.480 e. The van der Waals surface area contributed by atoms with Crippen LogP contribution in [-0.4, -0.2) is 37.8 Å². The van der Waals surface area contributed by atoms with Gasteiger partial charge in [-0.3, -0.25) is 4.79 Å². The molecule has 31 heavy (non-hydrogen) atoms. The minimum absolute atomic E-state index is 0.242. The summed E-state index contributed by atoms with van der Waals surface area (Å²) in [5, 5.41) is 4.84. The molecule has 4 rings (SSSR count). The maximum atomic E-state index is 12.8. The lowest BCUT2D eigenvalue weighted by Crippen LogP contribution is -2.32. The molecule has 1 N–H and O–H groups in total. The maximum Gasteiger partial charge on any atom is 0.265 e. The number of rotatable bonds is 7. The Morgan fingerprint density at radius 3 is 2.39 bits per heavy atom. The molecular weight excluding hydrogens is 412 g/mol. The van der Waals surface area contributed by atoms with Gasteiger partial charge in [-0.2, -0.15) is 4.31 Å².